The lowest BCUT2D eigenvalue weighted by Gasteiger charge is -2.17. The zero-order valence-corrected chi connectivity index (χ0v) is 27.0. The van der Waals surface area contributed by atoms with Gasteiger partial charge in [0.2, 0.25) is 0 Å². The van der Waals surface area contributed by atoms with E-state index in [9.17, 15) is 29.4 Å². The average molecular weight is 624 g/mol. The molecule has 0 radical (unpaired) electrons. The summed E-state index contributed by atoms with van der Waals surface area (Å²) < 4.78 is -0.246. The highest BCUT2D eigenvalue weighted by Gasteiger charge is 2.72. The van der Waals surface area contributed by atoms with Crippen molar-refractivity contribution in [1.29, 1.82) is 0 Å². The molecule has 11 heteroatoms. The third kappa shape index (κ3) is 5.90. The summed E-state index contributed by atoms with van der Waals surface area (Å²) in [5.74, 6) is -0.549. The Kier molecular flexibility index (Phi) is 8.98. The summed E-state index contributed by atoms with van der Waals surface area (Å²) in [4.78, 5) is 57.0. The molecule has 0 bridgehead atoms. The first-order valence-electron chi connectivity index (χ1n) is 15.5. The molecule has 2 saturated heterocycles. The Morgan fingerprint density at radius 1 is 1.02 bits per heavy atom. The maximum atomic E-state index is 12.8. The summed E-state index contributed by atoms with van der Waals surface area (Å²) >= 11 is 1.20. The van der Waals surface area contributed by atoms with E-state index in [4.69, 9.17) is 4.99 Å². The highest BCUT2D eigenvalue weighted by Crippen LogP contribution is 2.45. The number of aliphatic imine (C=N–C) groups is 1. The first-order valence-corrected chi connectivity index (χ1v) is 16.6. The zero-order chi connectivity index (χ0) is 31.9. The fourth-order valence-electron chi connectivity index (χ4n) is 7.29. The van der Waals surface area contributed by atoms with Crippen LogP contribution in [0.2, 0.25) is 0 Å². The Bertz CT molecular complexity index is 1540. The van der Waals surface area contributed by atoms with Crippen LogP contribution in [0.4, 0.5) is 0 Å². The number of aliphatic carboxylic acids is 2. The highest BCUT2D eigenvalue weighted by molar-refractivity contribution is 7.89. The Labute approximate surface area is 261 Å². The molecule has 10 nitrogen and oxygen atoms in total. The van der Waals surface area contributed by atoms with Crippen molar-refractivity contribution in [2.75, 3.05) is 5.75 Å². The quantitative estimate of drug-likeness (QED) is 0.129. The third-order valence-electron chi connectivity index (χ3n) is 9.91. The number of carbonyl (C=O) groups is 4. The van der Waals surface area contributed by atoms with Crippen LogP contribution in [-0.2, 0) is 50.2 Å². The summed E-state index contributed by atoms with van der Waals surface area (Å²) in [6, 6.07) is -0.312. The average Bonchev–Trinajstić information content (AvgIpc) is 3.46. The van der Waals surface area contributed by atoms with Crippen molar-refractivity contribution >= 4 is 41.2 Å². The summed E-state index contributed by atoms with van der Waals surface area (Å²) in [6.07, 6.45) is 5.19. The number of carbonyl (C=O) groups excluding carboxylic acids is 2. The number of nitrogens with one attached hydrogen (secondary N) is 3. The number of carboxylic acids is 2. The maximum Gasteiger partial charge on any atom is 0.303 e. The Hall–Kier alpha value is -3.60. The summed E-state index contributed by atoms with van der Waals surface area (Å²) in [5, 5.41) is 25.2. The van der Waals surface area contributed by atoms with Crippen molar-refractivity contribution in [1.82, 2.24) is 15.6 Å². The van der Waals surface area contributed by atoms with Crippen LogP contribution in [0.1, 0.15) is 82.3 Å². The second kappa shape index (κ2) is 12.4. The van der Waals surface area contributed by atoms with Gasteiger partial charge in [0.15, 0.2) is 5.75 Å². The molecule has 2 amide bonds. The van der Waals surface area contributed by atoms with E-state index >= 15 is 0 Å². The van der Waals surface area contributed by atoms with E-state index in [1.807, 2.05) is 33.8 Å². The fourth-order valence-corrected chi connectivity index (χ4v) is 8.65. The van der Waals surface area contributed by atoms with Gasteiger partial charge >= 0.3 is 11.9 Å². The summed E-state index contributed by atoms with van der Waals surface area (Å²) in [7, 11) is 0. The van der Waals surface area contributed by atoms with Crippen molar-refractivity contribution in [3.8, 4) is 0 Å². The van der Waals surface area contributed by atoms with E-state index in [0.717, 1.165) is 57.0 Å². The largest absolute Gasteiger partial charge is 0.481 e. The van der Waals surface area contributed by atoms with Crippen LogP contribution < -0.4 is 10.6 Å². The topological polar surface area (TPSA) is 161 Å². The number of aromatic amines is 1. The molecule has 4 aliphatic rings. The number of hydrogen-bond acceptors (Lipinski definition) is 5. The fraction of sp³-hybridized carbons (Fsp3) is 0.545. The number of aromatic nitrogens is 1. The second-order valence-corrected chi connectivity index (χ2v) is 13.8. The molecule has 4 aliphatic heterocycles. The number of rotatable bonds is 13. The minimum absolute atomic E-state index is 0.0119. The van der Waals surface area contributed by atoms with Gasteiger partial charge in [-0.15, -0.1) is 0 Å². The number of hydrogen-bond donors (Lipinski definition) is 5. The molecule has 0 aliphatic carbocycles. The van der Waals surface area contributed by atoms with E-state index in [1.165, 1.54) is 11.8 Å². The van der Waals surface area contributed by atoms with Gasteiger partial charge < -0.3 is 25.8 Å². The summed E-state index contributed by atoms with van der Waals surface area (Å²) in [6.45, 7) is 9.95. The van der Waals surface area contributed by atoms with Gasteiger partial charge in [-0.25, -0.2) is 0 Å². The molecule has 5 heterocycles. The number of nitrogens with zero attached hydrogens (tertiary/aromatic N) is 1. The van der Waals surface area contributed by atoms with Gasteiger partial charge in [-0.1, -0.05) is 13.8 Å². The Morgan fingerprint density at radius 3 is 2.30 bits per heavy atom. The first kappa shape index (κ1) is 31.8. The molecule has 5 rings (SSSR count). The molecule has 1 aromatic heterocycles. The van der Waals surface area contributed by atoms with Crippen LogP contribution in [0.25, 0.3) is 0 Å². The van der Waals surface area contributed by atoms with Crippen LogP contribution in [0.15, 0.2) is 39.1 Å². The van der Waals surface area contributed by atoms with Crippen molar-refractivity contribution < 1.29 is 29.4 Å². The highest BCUT2D eigenvalue weighted by atomic mass is 32.2. The van der Waals surface area contributed by atoms with Gasteiger partial charge in [0.1, 0.15) is 0 Å². The normalized spacial score (nSPS) is 27.1. The maximum absolute atomic E-state index is 12.8. The Morgan fingerprint density at radius 2 is 1.70 bits per heavy atom. The molecule has 2 fully saturated rings. The second-order valence-electron chi connectivity index (χ2n) is 12.4. The predicted octanol–water partition coefficient (Wildman–Crippen LogP) is 3.26. The standard InChI is InChI=1S/C33H42N4O6S/c1-6-19-16(3)25(36-31(19)42)12-23-17(4)20(8-10-29(38)39)26(34-23)14-27-21(9-11-30(40)41)18(5)24(35-27)13-28-22(7-2)33(15-44-33)32(43)37-28/h12,22,26,28,35H,6-11,13-15H2,1-5H3,(H,36,42)(H,37,43)(H,38,39)(H,40,41)/p+1/b25-12-/t22-,26?,28?,33-/m0/s1. The van der Waals surface area contributed by atoms with Crippen LogP contribution in [-0.4, -0.2) is 67.2 Å². The van der Waals surface area contributed by atoms with Crippen LogP contribution in [0.3, 0.4) is 0 Å². The molecular formula is C33H43N4O6S+. The van der Waals surface area contributed by atoms with Gasteiger partial charge in [-0.2, -0.15) is 0 Å². The smallest absolute Gasteiger partial charge is 0.303 e. The van der Waals surface area contributed by atoms with Gasteiger partial charge in [0.25, 0.3) is 16.6 Å². The van der Waals surface area contributed by atoms with Gasteiger partial charge in [0, 0.05) is 60.3 Å². The molecule has 0 saturated carbocycles. The van der Waals surface area contributed by atoms with E-state index in [0.29, 0.717) is 43.5 Å². The summed E-state index contributed by atoms with van der Waals surface area (Å²) in [5.41, 5.74) is 8.75. The van der Waals surface area contributed by atoms with Crippen molar-refractivity contribution in [2.45, 2.75) is 103 Å². The molecule has 2 unspecified atom stereocenters. The number of H-pyrrole nitrogens is 1. The minimum Gasteiger partial charge on any atom is -0.481 e. The molecule has 1 aromatic rings. The molecule has 0 aromatic carbocycles. The first-order chi connectivity index (χ1) is 20.9. The predicted molar refractivity (Wildman–Crippen MR) is 171 cm³/mol. The number of carboxylic acid groups (broad SMARTS) is 2. The lowest BCUT2D eigenvalue weighted by molar-refractivity contribution is -0.138. The lowest BCUT2D eigenvalue weighted by atomic mass is 9.86. The number of thiol groups is 1. The molecule has 236 valence electrons. The van der Waals surface area contributed by atoms with Crippen molar-refractivity contribution in [3.63, 3.8) is 0 Å². The van der Waals surface area contributed by atoms with Gasteiger partial charge in [-0.3, -0.25) is 24.2 Å². The van der Waals surface area contributed by atoms with Crippen molar-refractivity contribution in [3.05, 3.63) is 56.6 Å². The third-order valence-corrected chi connectivity index (χ3v) is 11.4. The van der Waals surface area contributed by atoms with E-state index < -0.39 is 11.9 Å². The van der Waals surface area contributed by atoms with Crippen LogP contribution in [0.5, 0.6) is 0 Å². The Balaban J connectivity index is 1.47. The number of amides is 2. The molecule has 44 heavy (non-hydrogen) atoms. The zero-order valence-electron chi connectivity index (χ0n) is 26.1. The molecule has 1 spiro atoms. The number of allylic oxidation sites excluding steroid dienone is 3. The van der Waals surface area contributed by atoms with Crippen LogP contribution >= 0.6 is 0 Å². The SMILES string of the molecule is CCC1=C(C)/C(=C/C2=NC(Cc3[nH]c(CC4NC(=O)[C@]5(C[SH+]5)[C@H]4CC)c(C)c3CCC(=O)O)C(CCC(=O)O)=C2C)NC1=O. The van der Waals surface area contributed by atoms with Crippen LogP contribution in [0, 0.1) is 12.8 Å². The van der Waals surface area contributed by atoms with E-state index in [2.05, 4.69) is 22.5 Å². The molecule has 4 atom stereocenters. The molecule has 5 N–H and O–H groups in total. The van der Waals surface area contributed by atoms with E-state index in [1.54, 1.807) is 0 Å². The minimum atomic E-state index is -0.887. The van der Waals surface area contributed by atoms with Gasteiger partial charge in [0.05, 0.1) is 11.8 Å². The van der Waals surface area contributed by atoms with E-state index in [-0.39, 0.29) is 47.4 Å². The molecular weight excluding hydrogens is 580 g/mol. The van der Waals surface area contributed by atoms with Gasteiger partial charge in [-0.05, 0) is 92.1 Å². The monoisotopic (exact) mass is 623 g/mol. The lowest BCUT2D eigenvalue weighted by Crippen LogP contribution is -2.31. The van der Waals surface area contributed by atoms with Crippen molar-refractivity contribution in [2.24, 2.45) is 10.9 Å².